The Morgan fingerprint density at radius 2 is 2.00 bits per heavy atom. The SMILES string of the molecule is CC(c1cccc(NC(=O)c2ccccc2)c1)N(C)CC1CCCCO1. The van der Waals surface area contributed by atoms with Crippen LogP contribution in [0.4, 0.5) is 5.69 Å². The molecule has 4 nitrogen and oxygen atoms in total. The number of hydrogen-bond donors (Lipinski definition) is 1. The van der Waals surface area contributed by atoms with E-state index in [1.54, 1.807) is 0 Å². The summed E-state index contributed by atoms with van der Waals surface area (Å²) in [7, 11) is 2.14. The van der Waals surface area contributed by atoms with Gasteiger partial charge in [0.25, 0.3) is 5.91 Å². The van der Waals surface area contributed by atoms with E-state index in [0.717, 1.165) is 25.3 Å². The first-order chi connectivity index (χ1) is 12.6. The molecule has 0 radical (unpaired) electrons. The van der Waals surface area contributed by atoms with Crippen molar-refractivity contribution in [1.29, 1.82) is 0 Å². The summed E-state index contributed by atoms with van der Waals surface area (Å²) < 4.78 is 5.86. The van der Waals surface area contributed by atoms with E-state index >= 15 is 0 Å². The third-order valence-electron chi connectivity index (χ3n) is 5.09. The zero-order chi connectivity index (χ0) is 18.4. The predicted molar refractivity (Wildman–Crippen MR) is 105 cm³/mol. The lowest BCUT2D eigenvalue weighted by atomic mass is 10.0. The van der Waals surface area contributed by atoms with E-state index < -0.39 is 0 Å². The topological polar surface area (TPSA) is 41.6 Å². The monoisotopic (exact) mass is 352 g/mol. The highest BCUT2D eigenvalue weighted by molar-refractivity contribution is 6.04. The highest BCUT2D eigenvalue weighted by Gasteiger charge is 2.20. The molecule has 138 valence electrons. The van der Waals surface area contributed by atoms with Gasteiger partial charge in [-0.15, -0.1) is 0 Å². The van der Waals surface area contributed by atoms with Crippen LogP contribution in [-0.4, -0.2) is 37.1 Å². The lowest BCUT2D eigenvalue weighted by Gasteiger charge is -2.31. The van der Waals surface area contributed by atoms with Gasteiger partial charge in [-0.05, 0) is 63.1 Å². The number of carbonyl (C=O) groups is 1. The minimum Gasteiger partial charge on any atom is -0.377 e. The second kappa shape index (κ2) is 8.97. The Morgan fingerprint density at radius 1 is 1.19 bits per heavy atom. The van der Waals surface area contributed by atoms with Crippen molar-refractivity contribution < 1.29 is 9.53 Å². The highest BCUT2D eigenvalue weighted by Crippen LogP contribution is 2.24. The van der Waals surface area contributed by atoms with Crippen molar-refractivity contribution in [3.63, 3.8) is 0 Å². The van der Waals surface area contributed by atoms with Crippen molar-refractivity contribution in [3.05, 3.63) is 65.7 Å². The van der Waals surface area contributed by atoms with Crippen LogP contribution in [0.5, 0.6) is 0 Å². The van der Waals surface area contributed by atoms with Crippen LogP contribution in [0.25, 0.3) is 0 Å². The Balaban J connectivity index is 1.63. The summed E-state index contributed by atoms with van der Waals surface area (Å²) >= 11 is 0. The van der Waals surface area contributed by atoms with E-state index in [2.05, 4.69) is 36.3 Å². The van der Waals surface area contributed by atoms with Gasteiger partial charge < -0.3 is 10.1 Å². The molecule has 1 aliphatic rings. The fourth-order valence-electron chi connectivity index (χ4n) is 3.35. The van der Waals surface area contributed by atoms with E-state index in [1.165, 1.54) is 18.4 Å². The normalized spacial score (nSPS) is 18.5. The number of anilines is 1. The number of ether oxygens (including phenoxy) is 1. The molecule has 0 aromatic heterocycles. The molecule has 0 aliphatic carbocycles. The van der Waals surface area contributed by atoms with Crippen molar-refractivity contribution in [1.82, 2.24) is 4.90 Å². The average molecular weight is 352 g/mol. The van der Waals surface area contributed by atoms with Crippen LogP contribution in [0.2, 0.25) is 0 Å². The molecule has 2 aromatic rings. The molecule has 0 spiro atoms. The molecule has 2 unspecified atom stereocenters. The van der Waals surface area contributed by atoms with Gasteiger partial charge in [0, 0.05) is 30.4 Å². The van der Waals surface area contributed by atoms with E-state index in [9.17, 15) is 4.79 Å². The Hall–Kier alpha value is -2.17. The van der Waals surface area contributed by atoms with Crippen LogP contribution < -0.4 is 5.32 Å². The number of hydrogen-bond acceptors (Lipinski definition) is 3. The van der Waals surface area contributed by atoms with Crippen LogP contribution in [0.3, 0.4) is 0 Å². The second-order valence-electron chi connectivity index (χ2n) is 7.05. The van der Waals surface area contributed by atoms with Gasteiger partial charge in [0.05, 0.1) is 6.10 Å². The van der Waals surface area contributed by atoms with E-state index in [0.29, 0.717) is 11.7 Å². The molecule has 2 aromatic carbocycles. The van der Waals surface area contributed by atoms with Crippen LogP contribution in [0, 0.1) is 0 Å². The summed E-state index contributed by atoms with van der Waals surface area (Å²) in [5.41, 5.74) is 2.68. The quantitative estimate of drug-likeness (QED) is 0.832. The summed E-state index contributed by atoms with van der Waals surface area (Å²) in [5.74, 6) is -0.0839. The molecule has 1 aliphatic heterocycles. The lowest BCUT2D eigenvalue weighted by Crippen LogP contribution is -2.34. The maximum Gasteiger partial charge on any atom is 0.255 e. The fourth-order valence-corrected chi connectivity index (χ4v) is 3.35. The molecule has 4 heteroatoms. The number of likely N-dealkylation sites (N-methyl/N-ethyl adjacent to an activating group) is 1. The van der Waals surface area contributed by atoms with Crippen LogP contribution in [-0.2, 0) is 4.74 Å². The van der Waals surface area contributed by atoms with Gasteiger partial charge in [-0.1, -0.05) is 30.3 Å². The Kier molecular flexibility index (Phi) is 6.42. The minimum atomic E-state index is -0.0839. The van der Waals surface area contributed by atoms with E-state index in [4.69, 9.17) is 4.74 Å². The van der Waals surface area contributed by atoms with Gasteiger partial charge in [0.15, 0.2) is 0 Å². The molecule has 1 amide bonds. The van der Waals surface area contributed by atoms with E-state index in [1.807, 2.05) is 42.5 Å². The Bertz CT molecular complexity index is 711. The second-order valence-corrected chi connectivity index (χ2v) is 7.05. The van der Waals surface area contributed by atoms with Gasteiger partial charge in [-0.25, -0.2) is 0 Å². The Labute approximate surface area is 156 Å². The Morgan fingerprint density at radius 3 is 2.73 bits per heavy atom. The first-order valence-electron chi connectivity index (χ1n) is 9.41. The summed E-state index contributed by atoms with van der Waals surface area (Å²) in [4.78, 5) is 14.7. The summed E-state index contributed by atoms with van der Waals surface area (Å²) in [6.45, 7) is 4.01. The molecule has 1 heterocycles. The highest BCUT2D eigenvalue weighted by atomic mass is 16.5. The summed E-state index contributed by atoms with van der Waals surface area (Å²) in [6, 6.07) is 17.6. The average Bonchev–Trinajstić information content (AvgIpc) is 2.69. The largest absolute Gasteiger partial charge is 0.377 e. The maximum atomic E-state index is 12.4. The van der Waals surface area contributed by atoms with Crippen LogP contribution in [0.1, 0.15) is 48.1 Å². The number of benzene rings is 2. The molecule has 2 atom stereocenters. The number of nitrogens with one attached hydrogen (secondary N) is 1. The maximum absolute atomic E-state index is 12.4. The molecular formula is C22H28N2O2. The number of carbonyl (C=O) groups excluding carboxylic acids is 1. The fraction of sp³-hybridized carbons (Fsp3) is 0.409. The van der Waals surface area contributed by atoms with Gasteiger partial charge >= 0.3 is 0 Å². The van der Waals surface area contributed by atoms with Gasteiger partial charge in [-0.2, -0.15) is 0 Å². The molecule has 0 saturated carbocycles. The first-order valence-corrected chi connectivity index (χ1v) is 9.41. The van der Waals surface area contributed by atoms with Gasteiger partial charge in [-0.3, -0.25) is 9.69 Å². The third-order valence-corrected chi connectivity index (χ3v) is 5.09. The number of rotatable bonds is 6. The molecule has 1 N–H and O–H groups in total. The minimum absolute atomic E-state index is 0.0839. The molecule has 3 rings (SSSR count). The molecule has 1 fully saturated rings. The molecule has 1 saturated heterocycles. The van der Waals surface area contributed by atoms with E-state index in [-0.39, 0.29) is 11.9 Å². The van der Waals surface area contributed by atoms with Crippen LogP contribution >= 0.6 is 0 Å². The first kappa shape index (κ1) is 18.6. The van der Waals surface area contributed by atoms with Crippen LogP contribution in [0.15, 0.2) is 54.6 Å². The summed E-state index contributed by atoms with van der Waals surface area (Å²) in [5, 5.41) is 2.99. The molecule has 0 bridgehead atoms. The van der Waals surface area contributed by atoms with Crippen molar-refractivity contribution in [2.24, 2.45) is 0 Å². The smallest absolute Gasteiger partial charge is 0.255 e. The van der Waals surface area contributed by atoms with Crippen molar-refractivity contribution in [2.75, 3.05) is 25.5 Å². The molecular weight excluding hydrogens is 324 g/mol. The third kappa shape index (κ3) is 4.93. The number of nitrogens with zero attached hydrogens (tertiary/aromatic N) is 1. The number of amides is 1. The van der Waals surface area contributed by atoms with Crippen molar-refractivity contribution in [3.8, 4) is 0 Å². The zero-order valence-corrected chi connectivity index (χ0v) is 15.7. The summed E-state index contributed by atoms with van der Waals surface area (Å²) in [6.07, 6.45) is 3.91. The van der Waals surface area contributed by atoms with Crippen molar-refractivity contribution >= 4 is 11.6 Å². The van der Waals surface area contributed by atoms with Gasteiger partial charge in [0.2, 0.25) is 0 Å². The van der Waals surface area contributed by atoms with Gasteiger partial charge in [0.1, 0.15) is 0 Å². The molecule has 26 heavy (non-hydrogen) atoms. The zero-order valence-electron chi connectivity index (χ0n) is 15.7. The standard InChI is InChI=1S/C22H28N2O2/c1-17(24(2)16-21-13-6-7-14-26-21)19-11-8-12-20(15-19)23-22(25)18-9-4-3-5-10-18/h3-5,8-12,15,17,21H,6-7,13-14,16H2,1-2H3,(H,23,25). The van der Waals surface area contributed by atoms with Crippen molar-refractivity contribution in [2.45, 2.75) is 38.3 Å². The lowest BCUT2D eigenvalue weighted by molar-refractivity contribution is -0.00714. The predicted octanol–water partition coefficient (Wildman–Crippen LogP) is 4.50.